The molecule has 7 heteroatoms. The molecule has 0 radical (unpaired) electrons. The summed E-state index contributed by atoms with van der Waals surface area (Å²) in [6.45, 7) is 2.72. The Labute approximate surface area is 147 Å². The summed E-state index contributed by atoms with van der Waals surface area (Å²) in [7, 11) is 1.59. The van der Waals surface area contributed by atoms with Gasteiger partial charge in [-0.2, -0.15) is 0 Å². The molecular weight excluding hydrogens is 318 g/mol. The maximum atomic E-state index is 12.8. The van der Waals surface area contributed by atoms with Crippen molar-refractivity contribution in [3.05, 3.63) is 47.8 Å². The molecule has 1 saturated heterocycles. The third-order valence-corrected chi connectivity index (χ3v) is 4.73. The summed E-state index contributed by atoms with van der Waals surface area (Å²) in [4.78, 5) is 14.7. The van der Waals surface area contributed by atoms with Gasteiger partial charge in [0, 0.05) is 39.5 Å². The minimum atomic E-state index is -0.528. The van der Waals surface area contributed by atoms with E-state index in [9.17, 15) is 4.79 Å². The lowest BCUT2D eigenvalue weighted by molar-refractivity contribution is -0.143. The van der Waals surface area contributed by atoms with E-state index in [0.717, 1.165) is 43.7 Å². The van der Waals surface area contributed by atoms with Gasteiger partial charge in [-0.1, -0.05) is 35.5 Å². The lowest BCUT2D eigenvalue weighted by Gasteiger charge is -2.33. The molecule has 1 amide bonds. The summed E-state index contributed by atoms with van der Waals surface area (Å²) in [5, 5.41) is 8.12. The van der Waals surface area contributed by atoms with Gasteiger partial charge in [-0.25, -0.2) is 0 Å². The standard InChI is InChI=1S/C18H25N5O2/c1-25-17(15-5-3-2-4-6-15)18(24)22-9-7-14(8-10-22)12-23-13-16(11-19)20-21-23/h2-6,13-14,17H,7-12,19H2,1H3/t17-/m1/s1. The molecule has 0 spiro atoms. The SMILES string of the molecule is CO[C@@H](C(=O)N1CCC(Cn2cc(CN)nn2)CC1)c1ccccc1. The van der Waals surface area contributed by atoms with Gasteiger partial charge in [-0.15, -0.1) is 5.10 Å². The number of hydrogen-bond acceptors (Lipinski definition) is 5. The van der Waals surface area contributed by atoms with Crippen LogP contribution in [0.2, 0.25) is 0 Å². The van der Waals surface area contributed by atoms with Gasteiger partial charge in [-0.3, -0.25) is 9.48 Å². The zero-order chi connectivity index (χ0) is 17.6. The Morgan fingerprint density at radius 3 is 2.64 bits per heavy atom. The number of aromatic nitrogens is 3. The number of rotatable bonds is 6. The van der Waals surface area contributed by atoms with Crippen LogP contribution in [0.4, 0.5) is 0 Å². The highest BCUT2D eigenvalue weighted by Gasteiger charge is 2.29. The summed E-state index contributed by atoms with van der Waals surface area (Å²) in [5.74, 6) is 0.535. The molecule has 1 aromatic heterocycles. The Hall–Kier alpha value is -2.25. The quantitative estimate of drug-likeness (QED) is 0.856. The molecule has 2 aromatic rings. The van der Waals surface area contributed by atoms with Crippen LogP contribution in [0.3, 0.4) is 0 Å². The molecule has 0 aliphatic carbocycles. The highest BCUT2D eigenvalue weighted by molar-refractivity contribution is 5.82. The Bertz CT molecular complexity index is 680. The number of methoxy groups -OCH3 is 1. The predicted octanol–water partition coefficient (Wildman–Crippen LogP) is 1.36. The number of nitrogens with two attached hydrogens (primary N) is 1. The average molecular weight is 343 g/mol. The van der Waals surface area contributed by atoms with E-state index in [1.807, 2.05) is 46.1 Å². The van der Waals surface area contributed by atoms with Gasteiger partial charge < -0.3 is 15.4 Å². The van der Waals surface area contributed by atoms with Crippen molar-refractivity contribution in [1.29, 1.82) is 0 Å². The van der Waals surface area contributed by atoms with Crippen LogP contribution in [0.5, 0.6) is 0 Å². The number of piperidine rings is 1. The number of nitrogens with zero attached hydrogens (tertiary/aromatic N) is 4. The molecular formula is C18H25N5O2. The molecule has 0 unspecified atom stereocenters. The van der Waals surface area contributed by atoms with Crippen LogP contribution in [0.25, 0.3) is 0 Å². The van der Waals surface area contributed by atoms with E-state index >= 15 is 0 Å². The van der Waals surface area contributed by atoms with E-state index in [1.54, 1.807) is 7.11 Å². The normalized spacial score (nSPS) is 16.8. The molecule has 1 fully saturated rings. The fourth-order valence-corrected chi connectivity index (χ4v) is 3.29. The Morgan fingerprint density at radius 1 is 1.32 bits per heavy atom. The van der Waals surface area contributed by atoms with Gasteiger partial charge in [0.1, 0.15) is 0 Å². The van der Waals surface area contributed by atoms with Crippen LogP contribution < -0.4 is 5.73 Å². The summed E-state index contributed by atoms with van der Waals surface area (Å²) in [6, 6.07) is 9.65. The van der Waals surface area contributed by atoms with Crippen molar-refractivity contribution in [3.63, 3.8) is 0 Å². The van der Waals surface area contributed by atoms with Gasteiger partial charge in [0.2, 0.25) is 0 Å². The summed E-state index contributed by atoms with van der Waals surface area (Å²) < 4.78 is 7.32. The van der Waals surface area contributed by atoms with Crippen molar-refractivity contribution >= 4 is 5.91 Å². The number of likely N-dealkylation sites (tertiary alicyclic amines) is 1. The van der Waals surface area contributed by atoms with E-state index in [4.69, 9.17) is 10.5 Å². The molecule has 134 valence electrons. The van der Waals surface area contributed by atoms with Crippen LogP contribution in [0.1, 0.15) is 30.2 Å². The fourth-order valence-electron chi connectivity index (χ4n) is 3.29. The van der Waals surface area contributed by atoms with E-state index in [2.05, 4.69) is 10.3 Å². The van der Waals surface area contributed by atoms with Gasteiger partial charge >= 0.3 is 0 Å². The predicted molar refractivity (Wildman–Crippen MR) is 93.4 cm³/mol. The maximum Gasteiger partial charge on any atom is 0.256 e. The lowest BCUT2D eigenvalue weighted by Crippen LogP contribution is -2.42. The number of hydrogen-bond donors (Lipinski definition) is 1. The maximum absolute atomic E-state index is 12.8. The monoisotopic (exact) mass is 343 g/mol. The molecule has 2 N–H and O–H groups in total. The van der Waals surface area contributed by atoms with Gasteiger partial charge in [0.15, 0.2) is 6.10 Å². The Morgan fingerprint density at radius 2 is 2.04 bits per heavy atom. The highest BCUT2D eigenvalue weighted by Crippen LogP contribution is 2.24. The smallest absolute Gasteiger partial charge is 0.256 e. The van der Waals surface area contributed by atoms with Crippen LogP contribution in [-0.4, -0.2) is 46.0 Å². The first-order chi connectivity index (χ1) is 12.2. The second-order valence-corrected chi connectivity index (χ2v) is 6.43. The second-order valence-electron chi connectivity index (χ2n) is 6.43. The van der Waals surface area contributed by atoms with Crippen molar-refractivity contribution in [2.75, 3.05) is 20.2 Å². The van der Waals surface area contributed by atoms with E-state index in [1.165, 1.54) is 0 Å². The zero-order valence-corrected chi connectivity index (χ0v) is 14.5. The first-order valence-electron chi connectivity index (χ1n) is 8.67. The topological polar surface area (TPSA) is 86.3 Å². The number of carbonyl (C=O) groups excluding carboxylic acids is 1. The van der Waals surface area contributed by atoms with Gasteiger partial charge in [0.25, 0.3) is 5.91 Å². The minimum Gasteiger partial charge on any atom is -0.367 e. The zero-order valence-electron chi connectivity index (χ0n) is 14.5. The van der Waals surface area contributed by atoms with Crippen LogP contribution in [-0.2, 0) is 22.6 Å². The first kappa shape index (κ1) is 17.6. The molecule has 0 bridgehead atoms. The number of amides is 1. The van der Waals surface area contributed by atoms with Crippen molar-refractivity contribution in [3.8, 4) is 0 Å². The Kier molecular flexibility index (Phi) is 5.78. The van der Waals surface area contributed by atoms with Gasteiger partial charge in [0.05, 0.1) is 5.69 Å². The minimum absolute atomic E-state index is 0.0401. The first-order valence-corrected chi connectivity index (χ1v) is 8.67. The molecule has 1 aromatic carbocycles. The van der Waals surface area contributed by atoms with Crippen LogP contribution in [0.15, 0.2) is 36.5 Å². The molecule has 1 atom stereocenters. The Balaban J connectivity index is 1.55. The fraction of sp³-hybridized carbons (Fsp3) is 0.500. The van der Waals surface area contributed by atoms with Crippen LogP contribution >= 0.6 is 0 Å². The largest absolute Gasteiger partial charge is 0.367 e. The third kappa shape index (κ3) is 4.24. The highest BCUT2D eigenvalue weighted by atomic mass is 16.5. The molecule has 1 aliphatic heterocycles. The van der Waals surface area contributed by atoms with Crippen molar-refractivity contribution in [2.24, 2.45) is 11.7 Å². The molecule has 1 aliphatic rings. The summed E-state index contributed by atoms with van der Waals surface area (Å²) in [5.41, 5.74) is 7.27. The molecule has 7 nitrogen and oxygen atoms in total. The summed E-state index contributed by atoms with van der Waals surface area (Å²) in [6.07, 6.45) is 3.28. The van der Waals surface area contributed by atoms with E-state index in [0.29, 0.717) is 12.5 Å². The average Bonchev–Trinajstić information content (AvgIpc) is 3.11. The lowest BCUT2D eigenvalue weighted by atomic mass is 9.96. The third-order valence-electron chi connectivity index (χ3n) is 4.73. The molecule has 0 saturated carbocycles. The van der Waals surface area contributed by atoms with E-state index in [-0.39, 0.29) is 5.91 Å². The summed E-state index contributed by atoms with van der Waals surface area (Å²) >= 11 is 0. The van der Waals surface area contributed by atoms with Gasteiger partial charge in [-0.05, 0) is 24.3 Å². The number of carbonyl (C=O) groups is 1. The van der Waals surface area contributed by atoms with Crippen molar-refractivity contribution < 1.29 is 9.53 Å². The molecule has 3 rings (SSSR count). The number of benzene rings is 1. The van der Waals surface area contributed by atoms with E-state index < -0.39 is 6.10 Å². The number of ether oxygens (including phenoxy) is 1. The van der Waals surface area contributed by atoms with Crippen molar-refractivity contribution in [2.45, 2.75) is 32.0 Å². The second kappa shape index (κ2) is 8.22. The molecule has 2 heterocycles. The molecule has 25 heavy (non-hydrogen) atoms. The van der Waals surface area contributed by atoms with Crippen LogP contribution in [0, 0.1) is 5.92 Å². The van der Waals surface area contributed by atoms with Crippen molar-refractivity contribution in [1.82, 2.24) is 19.9 Å².